The van der Waals surface area contributed by atoms with Gasteiger partial charge in [-0.15, -0.1) is 0 Å². The van der Waals surface area contributed by atoms with Gasteiger partial charge in [-0.05, 0) is 52.2 Å². The lowest BCUT2D eigenvalue weighted by molar-refractivity contribution is 0.415. The van der Waals surface area contributed by atoms with E-state index in [1.165, 1.54) is 10.8 Å². The van der Waals surface area contributed by atoms with Gasteiger partial charge in [0.15, 0.2) is 0 Å². The van der Waals surface area contributed by atoms with Crippen molar-refractivity contribution in [2.75, 3.05) is 7.11 Å². The summed E-state index contributed by atoms with van der Waals surface area (Å²) in [6, 6.07) is 22.5. The molecule has 0 radical (unpaired) electrons. The smallest absolute Gasteiger partial charge is 0.118 e. The van der Waals surface area contributed by atoms with Crippen molar-refractivity contribution in [1.29, 1.82) is 0 Å². The summed E-state index contributed by atoms with van der Waals surface area (Å²) in [4.78, 5) is 0.860. The third-order valence-electron chi connectivity index (χ3n) is 3.36. The number of benzene rings is 3. The van der Waals surface area contributed by atoms with Crippen molar-refractivity contribution in [1.82, 2.24) is 0 Å². The molecular weight excluding hydrogens is 264 g/mol. The molecule has 1 nitrogen and oxygen atoms in total. The first-order valence-corrected chi connectivity index (χ1v) is 6.86. The Hall–Kier alpha value is -2.19. The van der Waals surface area contributed by atoms with Gasteiger partial charge >= 0.3 is 0 Å². The Morgan fingerprint density at radius 3 is 2.15 bits per heavy atom. The highest BCUT2D eigenvalue weighted by atomic mass is 32.1. The number of hydrogen-bond donors (Lipinski definition) is 0. The molecule has 3 aromatic rings. The second-order valence-electron chi connectivity index (χ2n) is 4.62. The van der Waals surface area contributed by atoms with Crippen LogP contribution in [0.25, 0.3) is 10.8 Å². The second-order valence-corrected chi connectivity index (χ2v) is 5.03. The monoisotopic (exact) mass is 278 g/mol. The maximum absolute atomic E-state index is 5.59. The van der Waals surface area contributed by atoms with Crippen LogP contribution in [0.5, 0.6) is 5.75 Å². The predicted molar refractivity (Wildman–Crippen MR) is 87.7 cm³/mol. The Morgan fingerprint density at radius 2 is 1.45 bits per heavy atom. The highest BCUT2D eigenvalue weighted by Gasteiger charge is 2.05. The molecule has 0 N–H and O–H groups in total. The van der Waals surface area contributed by atoms with Crippen LogP contribution < -0.4 is 4.74 Å². The topological polar surface area (TPSA) is 9.23 Å². The average molecular weight is 278 g/mol. The van der Waals surface area contributed by atoms with Crippen molar-refractivity contribution in [2.45, 2.75) is 0 Å². The molecule has 0 unspecified atom stereocenters. The van der Waals surface area contributed by atoms with Crippen molar-refractivity contribution in [3.63, 3.8) is 0 Å². The van der Waals surface area contributed by atoms with E-state index in [-0.39, 0.29) is 0 Å². The number of methoxy groups -OCH3 is 1. The van der Waals surface area contributed by atoms with E-state index >= 15 is 0 Å². The minimum atomic E-state index is 0.843. The number of rotatable bonds is 3. The summed E-state index contributed by atoms with van der Waals surface area (Å²) >= 11 is 5.59. The zero-order valence-corrected chi connectivity index (χ0v) is 12.0. The predicted octanol–water partition coefficient (Wildman–Crippen LogP) is 4.61. The Morgan fingerprint density at radius 1 is 0.800 bits per heavy atom. The Labute approximate surface area is 123 Å². The van der Waals surface area contributed by atoms with Crippen LogP contribution in [-0.4, -0.2) is 12.0 Å². The molecular formula is C18H14OS. The van der Waals surface area contributed by atoms with Crippen LogP contribution in [0.4, 0.5) is 0 Å². The van der Waals surface area contributed by atoms with Crippen molar-refractivity contribution >= 4 is 27.9 Å². The van der Waals surface area contributed by atoms with Crippen molar-refractivity contribution in [3.8, 4) is 5.75 Å². The van der Waals surface area contributed by atoms with Gasteiger partial charge < -0.3 is 4.74 Å². The van der Waals surface area contributed by atoms with Gasteiger partial charge in [-0.25, -0.2) is 0 Å². The summed E-state index contributed by atoms with van der Waals surface area (Å²) in [5.74, 6) is 0.843. The van der Waals surface area contributed by atoms with Crippen LogP contribution in [0.2, 0.25) is 0 Å². The Kier molecular flexibility index (Phi) is 3.48. The molecule has 20 heavy (non-hydrogen) atoms. The lowest BCUT2D eigenvalue weighted by Gasteiger charge is -2.07. The summed E-state index contributed by atoms with van der Waals surface area (Å²) in [6.45, 7) is 0. The molecule has 0 saturated carbocycles. The summed E-state index contributed by atoms with van der Waals surface area (Å²) in [5.41, 5.74) is 2.11. The average Bonchev–Trinajstić information content (AvgIpc) is 2.54. The van der Waals surface area contributed by atoms with E-state index < -0.39 is 0 Å². The van der Waals surface area contributed by atoms with E-state index in [0.29, 0.717) is 0 Å². The Balaban J connectivity index is 1.98. The van der Waals surface area contributed by atoms with Crippen molar-refractivity contribution in [3.05, 3.63) is 77.9 Å². The molecule has 0 spiro atoms. The van der Waals surface area contributed by atoms with Gasteiger partial charge in [0.2, 0.25) is 0 Å². The van der Waals surface area contributed by atoms with E-state index in [0.717, 1.165) is 21.7 Å². The standard InChI is InChI=1S/C18H14OS/c1-19-17-10-8-14(9-11-17)18(20)16-7-6-13-4-2-3-5-15(13)12-16/h2-12H,1H3. The lowest BCUT2D eigenvalue weighted by atomic mass is 10.0. The quantitative estimate of drug-likeness (QED) is 0.511. The van der Waals surface area contributed by atoms with Crippen LogP contribution in [0, 0.1) is 0 Å². The van der Waals surface area contributed by atoms with Gasteiger partial charge in [0.1, 0.15) is 5.75 Å². The van der Waals surface area contributed by atoms with Gasteiger partial charge in [0.25, 0.3) is 0 Å². The highest BCUT2D eigenvalue weighted by Crippen LogP contribution is 2.20. The largest absolute Gasteiger partial charge is 0.497 e. The number of thiocarbonyl (C=S) groups is 1. The maximum Gasteiger partial charge on any atom is 0.118 e. The number of hydrogen-bond acceptors (Lipinski definition) is 2. The van der Waals surface area contributed by atoms with Gasteiger partial charge in [-0.1, -0.05) is 48.6 Å². The molecule has 0 bridgehead atoms. The fourth-order valence-electron chi connectivity index (χ4n) is 2.24. The Bertz CT molecular complexity index is 760. The molecule has 0 fully saturated rings. The van der Waals surface area contributed by atoms with Gasteiger partial charge in [0.05, 0.1) is 12.0 Å². The van der Waals surface area contributed by atoms with E-state index in [1.54, 1.807) is 7.11 Å². The minimum Gasteiger partial charge on any atom is -0.497 e. The zero-order chi connectivity index (χ0) is 13.9. The second kappa shape index (κ2) is 5.43. The van der Waals surface area contributed by atoms with Crippen molar-refractivity contribution in [2.24, 2.45) is 0 Å². The SMILES string of the molecule is COc1ccc(C(=S)c2ccc3ccccc3c2)cc1. The first kappa shape index (κ1) is 12.8. The van der Waals surface area contributed by atoms with Crippen LogP contribution in [0.15, 0.2) is 66.7 Å². The lowest BCUT2D eigenvalue weighted by Crippen LogP contribution is -1.99. The van der Waals surface area contributed by atoms with Crippen LogP contribution in [0.3, 0.4) is 0 Å². The van der Waals surface area contributed by atoms with Gasteiger partial charge in [-0.3, -0.25) is 0 Å². The fourth-order valence-corrected chi connectivity index (χ4v) is 2.50. The third-order valence-corrected chi connectivity index (χ3v) is 3.84. The van der Waals surface area contributed by atoms with Crippen LogP contribution in [-0.2, 0) is 0 Å². The molecule has 0 atom stereocenters. The zero-order valence-electron chi connectivity index (χ0n) is 11.2. The molecule has 0 amide bonds. The van der Waals surface area contributed by atoms with Gasteiger partial charge in [0, 0.05) is 0 Å². The fraction of sp³-hybridized carbons (Fsp3) is 0.0556. The molecule has 0 aliphatic rings. The first-order chi connectivity index (χ1) is 9.78. The van der Waals surface area contributed by atoms with Gasteiger partial charge in [-0.2, -0.15) is 0 Å². The summed E-state index contributed by atoms with van der Waals surface area (Å²) in [7, 11) is 1.66. The highest BCUT2D eigenvalue weighted by molar-refractivity contribution is 7.81. The molecule has 0 saturated heterocycles. The maximum atomic E-state index is 5.59. The van der Waals surface area contributed by atoms with Crippen LogP contribution >= 0.6 is 12.2 Å². The number of fused-ring (bicyclic) bond motifs is 1. The minimum absolute atomic E-state index is 0.843. The molecule has 0 aliphatic carbocycles. The third kappa shape index (κ3) is 2.43. The number of ether oxygens (including phenoxy) is 1. The summed E-state index contributed by atoms with van der Waals surface area (Å²) in [6.07, 6.45) is 0. The van der Waals surface area contributed by atoms with E-state index in [2.05, 4.69) is 30.3 Å². The van der Waals surface area contributed by atoms with Crippen LogP contribution in [0.1, 0.15) is 11.1 Å². The molecule has 0 aliphatic heterocycles. The summed E-state index contributed by atoms with van der Waals surface area (Å²) < 4.78 is 5.17. The summed E-state index contributed by atoms with van der Waals surface area (Å²) in [5, 5.41) is 2.44. The molecule has 3 aromatic carbocycles. The van der Waals surface area contributed by atoms with E-state index in [9.17, 15) is 0 Å². The molecule has 0 aromatic heterocycles. The normalized spacial score (nSPS) is 10.4. The molecule has 98 valence electrons. The first-order valence-electron chi connectivity index (χ1n) is 6.45. The molecule has 2 heteroatoms. The van der Waals surface area contributed by atoms with Crippen molar-refractivity contribution < 1.29 is 4.74 Å². The van der Waals surface area contributed by atoms with E-state index in [1.807, 2.05) is 36.4 Å². The van der Waals surface area contributed by atoms with E-state index in [4.69, 9.17) is 17.0 Å². The molecule has 0 heterocycles. The molecule has 3 rings (SSSR count).